The first-order chi connectivity index (χ1) is 9.69. The van der Waals surface area contributed by atoms with Crippen LogP contribution in [0.1, 0.15) is 12.5 Å². The Morgan fingerprint density at radius 1 is 1.40 bits per heavy atom. The molecule has 20 heavy (non-hydrogen) atoms. The number of benzene rings is 1. The van der Waals surface area contributed by atoms with Crippen molar-refractivity contribution in [2.45, 2.75) is 19.6 Å². The molecule has 2 aromatic rings. The fourth-order valence-electron chi connectivity index (χ4n) is 1.69. The van der Waals surface area contributed by atoms with Gasteiger partial charge in [-0.3, -0.25) is 9.78 Å². The lowest BCUT2D eigenvalue weighted by molar-refractivity contribution is -0.122. The maximum absolute atomic E-state index is 12.0. The molecule has 5 nitrogen and oxygen atoms in total. The zero-order chi connectivity index (χ0) is 14.4. The zero-order valence-electron chi connectivity index (χ0n) is 11.2. The minimum Gasteiger partial charge on any atom is -0.479 e. The lowest BCUT2D eigenvalue weighted by Gasteiger charge is -2.14. The number of pyridine rings is 1. The second-order valence-electron chi connectivity index (χ2n) is 4.34. The largest absolute Gasteiger partial charge is 0.479 e. The van der Waals surface area contributed by atoms with Crippen molar-refractivity contribution in [3.8, 4) is 5.75 Å². The molecule has 1 heterocycles. The predicted molar refractivity (Wildman–Crippen MR) is 77.3 cm³/mol. The molecular formula is C15H17N3O2. The van der Waals surface area contributed by atoms with E-state index in [9.17, 15) is 4.79 Å². The van der Waals surface area contributed by atoms with Crippen LogP contribution in [0.25, 0.3) is 0 Å². The van der Waals surface area contributed by atoms with Gasteiger partial charge < -0.3 is 15.8 Å². The van der Waals surface area contributed by atoms with Crippen LogP contribution in [0.4, 0.5) is 5.69 Å². The minimum absolute atomic E-state index is 0.219. The lowest BCUT2D eigenvalue weighted by Crippen LogP contribution is -2.30. The Kier molecular flexibility index (Phi) is 4.68. The Bertz CT molecular complexity index is 572. The van der Waals surface area contributed by atoms with Gasteiger partial charge in [0.1, 0.15) is 5.75 Å². The van der Waals surface area contributed by atoms with E-state index in [1.807, 2.05) is 24.3 Å². The van der Waals surface area contributed by atoms with E-state index in [0.717, 1.165) is 5.56 Å². The lowest BCUT2D eigenvalue weighted by atomic mass is 10.2. The predicted octanol–water partition coefficient (Wildman–Crippen LogP) is 1.95. The van der Waals surface area contributed by atoms with Crippen molar-refractivity contribution in [3.63, 3.8) is 0 Å². The molecule has 3 N–H and O–H groups in total. The van der Waals surface area contributed by atoms with Crippen LogP contribution in [-0.4, -0.2) is 17.0 Å². The summed E-state index contributed by atoms with van der Waals surface area (Å²) in [7, 11) is 0. The van der Waals surface area contributed by atoms with E-state index in [1.165, 1.54) is 0 Å². The van der Waals surface area contributed by atoms with E-state index in [4.69, 9.17) is 10.5 Å². The number of amides is 1. The van der Waals surface area contributed by atoms with E-state index in [0.29, 0.717) is 18.0 Å². The molecule has 1 atom stereocenters. The number of hydrogen-bond acceptors (Lipinski definition) is 4. The summed E-state index contributed by atoms with van der Waals surface area (Å²) < 4.78 is 5.51. The van der Waals surface area contributed by atoms with Gasteiger partial charge >= 0.3 is 0 Å². The van der Waals surface area contributed by atoms with Crippen LogP contribution in [0.5, 0.6) is 5.75 Å². The molecule has 2 rings (SSSR count). The molecule has 1 unspecified atom stereocenters. The molecule has 104 valence electrons. The molecule has 0 saturated carbocycles. The van der Waals surface area contributed by atoms with Gasteiger partial charge in [-0.05, 0) is 36.8 Å². The monoisotopic (exact) mass is 271 g/mol. The van der Waals surface area contributed by atoms with Crippen molar-refractivity contribution in [3.05, 3.63) is 54.4 Å². The average molecular weight is 271 g/mol. The maximum atomic E-state index is 12.0. The number of carbonyl (C=O) groups excluding carboxylic acids is 1. The summed E-state index contributed by atoms with van der Waals surface area (Å²) in [6.07, 6.45) is 2.61. The topological polar surface area (TPSA) is 77.2 Å². The number of nitrogens with zero attached hydrogens (tertiary/aromatic N) is 1. The van der Waals surface area contributed by atoms with Gasteiger partial charge in [0.25, 0.3) is 5.91 Å². The van der Waals surface area contributed by atoms with Crippen molar-refractivity contribution >= 4 is 11.6 Å². The molecule has 0 fully saturated rings. The van der Waals surface area contributed by atoms with Crippen LogP contribution >= 0.6 is 0 Å². The van der Waals surface area contributed by atoms with E-state index in [2.05, 4.69) is 10.3 Å². The number of nitrogens with one attached hydrogen (secondary N) is 1. The van der Waals surface area contributed by atoms with Gasteiger partial charge in [0.2, 0.25) is 0 Å². The Hall–Kier alpha value is -2.40. The Balaban J connectivity index is 1.97. The highest BCUT2D eigenvalue weighted by Gasteiger charge is 2.14. The number of ether oxygens (including phenoxy) is 1. The molecule has 1 amide bonds. The Morgan fingerprint density at radius 3 is 2.95 bits per heavy atom. The summed E-state index contributed by atoms with van der Waals surface area (Å²) in [6.45, 7) is 2.13. The van der Waals surface area contributed by atoms with Crippen LogP contribution < -0.4 is 15.8 Å². The van der Waals surface area contributed by atoms with Crippen LogP contribution in [0, 0.1) is 0 Å². The summed E-state index contributed by atoms with van der Waals surface area (Å²) in [5, 5.41) is 2.80. The molecular weight excluding hydrogens is 254 g/mol. The zero-order valence-corrected chi connectivity index (χ0v) is 11.2. The van der Waals surface area contributed by atoms with E-state index in [1.54, 1.807) is 31.5 Å². The van der Waals surface area contributed by atoms with Crippen LogP contribution in [0.3, 0.4) is 0 Å². The molecule has 1 aromatic heterocycles. The molecule has 0 aliphatic heterocycles. The van der Waals surface area contributed by atoms with E-state index < -0.39 is 6.10 Å². The highest BCUT2D eigenvalue weighted by atomic mass is 16.5. The minimum atomic E-state index is -0.610. The van der Waals surface area contributed by atoms with Crippen LogP contribution in [0.15, 0.2) is 48.8 Å². The van der Waals surface area contributed by atoms with Gasteiger partial charge in [0.15, 0.2) is 6.10 Å². The van der Waals surface area contributed by atoms with Crippen molar-refractivity contribution in [2.75, 3.05) is 5.32 Å². The number of rotatable bonds is 5. The third-order valence-electron chi connectivity index (χ3n) is 2.75. The van der Waals surface area contributed by atoms with Gasteiger partial charge in [-0.15, -0.1) is 0 Å². The second kappa shape index (κ2) is 6.68. The Labute approximate surface area is 117 Å². The smallest absolute Gasteiger partial charge is 0.265 e. The van der Waals surface area contributed by atoms with Crippen molar-refractivity contribution in [1.82, 2.24) is 4.98 Å². The number of hydrogen-bond donors (Lipinski definition) is 2. The van der Waals surface area contributed by atoms with Gasteiger partial charge in [0, 0.05) is 18.4 Å². The fraction of sp³-hybridized carbons (Fsp3) is 0.200. The summed E-state index contributed by atoms with van der Waals surface area (Å²) in [5.74, 6) is 0.342. The summed E-state index contributed by atoms with van der Waals surface area (Å²) in [4.78, 5) is 16.0. The summed E-state index contributed by atoms with van der Waals surface area (Å²) in [5.41, 5.74) is 7.24. The SMILES string of the molecule is CC(Oc1cccnc1)C(=O)Nc1cccc(CN)c1. The summed E-state index contributed by atoms with van der Waals surface area (Å²) in [6, 6.07) is 10.9. The van der Waals surface area contributed by atoms with Gasteiger partial charge in [-0.1, -0.05) is 12.1 Å². The summed E-state index contributed by atoms with van der Waals surface area (Å²) >= 11 is 0. The third-order valence-corrected chi connectivity index (χ3v) is 2.75. The van der Waals surface area contributed by atoms with Gasteiger partial charge in [-0.25, -0.2) is 0 Å². The highest BCUT2D eigenvalue weighted by Crippen LogP contribution is 2.13. The van der Waals surface area contributed by atoms with Crippen molar-refractivity contribution in [1.29, 1.82) is 0 Å². The average Bonchev–Trinajstić information content (AvgIpc) is 2.48. The molecule has 0 radical (unpaired) electrons. The van der Waals surface area contributed by atoms with Gasteiger partial charge in [-0.2, -0.15) is 0 Å². The number of anilines is 1. The molecule has 0 aliphatic rings. The molecule has 1 aromatic carbocycles. The number of nitrogens with two attached hydrogens (primary N) is 1. The van der Waals surface area contributed by atoms with Gasteiger partial charge in [0.05, 0.1) is 6.20 Å². The van der Waals surface area contributed by atoms with E-state index in [-0.39, 0.29) is 5.91 Å². The molecule has 0 spiro atoms. The standard InChI is InChI=1S/C15H17N3O2/c1-11(20-14-6-3-7-17-10-14)15(19)18-13-5-2-4-12(8-13)9-16/h2-8,10-11H,9,16H2,1H3,(H,18,19). The maximum Gasteiger partial charge on any atom is 0.265 e. The second-order valence-corrected chi connectivity index (χ2v) is 4.34. The fourth-order valence-corrected chi connectivity index (χ4v) is 1.69. The Morgan fingerprint density at radius 2 is 2.25 bits per heavy atom. The van der Waals surface area contributed by atoms with Crippen LogP contribution in [0.2, 0.25) is 0 Å². The number of aromatic nitrogens is 1. The molecule has 0 bridgehead atoms. The van der Waals surface area contributed by atoms with Crippen molar-refractivity contribution < 1.29 is 9.53 Å². The van der Waals surface area contributed by atoms with E-state index >= 15 is 0 Å². The van der Waals surface area contributed by atoms with Crippen LogP contribution in [-0.2, 0) is 11.3 Å². The first-order valence-electron chi connectivity index (χ1n) is 6.35. The molecule has 0 saturated heterocycles. The first-order valence-corrected chi connectivity index (χ1v) is 6.35. The number of carbonyl (C=O) groups is 1. The molecule has 0 aliphatic carbocycles. The highest BCUT2D eigenvalue weighted by molar-refractivity contribution is 5.94. The van der Waals surface area contributed by atoms with Crippen molar-refractivity contribution in [2.24, 2.45) is 5.73 Å². The molecule has 5 heteroatoms. The quantitative estimate of drug-likeness (QED) is 0.871. The normalized spacial score (nSPS) is 11.7. The first kappa shape index (κ1) is 14.0. The third kappa shape index (κ3) is 3.80.